The second kappa shape index (κ2) is 6.59. The Morgan fingerprint density at radius 2 is 1.84 bits per heavy atom. The van der Waals surface area contributed by atoms with Gasteiger partial charge in [0.1, 0.15) is 5.69 Å². The summed E-state index contributed by atoms with van der Waals surface area (Å²) in [5.41, 5.74) is -0.0579. The minimum absolute atomic E-state index is 0.175. The smallest absolute Gasteiger partial charge is 0.274 e. The molecular formula is C17H20N4O3S. The van der Waals surface area contributed by atoms with Gasteiger partial charge >= 0.3 is 0 Å². The Hall–Kier alpha value is -2.22. The van der Waals surface area contributed by atoms with Crippen molar-refractivity contribution in [2.45, 2.75) is 25.7 Å². The normalized spacial score (nSPS) is 18.9. The number of carbonyl (C=O) groups excluding carboxylic acids is 2. The molecule has 7 nitrogen and oxygen atoms in total. The third-order valence-electron chi connectivity index (χ3n) is 5.08. The van der Waals surface area contributed by atoms with Crippen molar-refractivity contribution in [1.29, 1.82) is 0 Å². The summed E-state index contributed by atoms with van der Waals surface area (Å²) in [5.74, 6) is 0.248. The molecule has 2 amide bonds. The van der Waals surface area contributed by atoms with Gasteiger partial charge in [0, 0.05) is 49.7 Å². The molecule has 25 heavy (non-hydrogen) atoms. The van der Waals surface area contributed by atoms with E-state index in [1.807, 2.05) is 4.90 Å². The second-order valence-electron chi connectivity index (χ2n) is 6.63. The molecule has 0 spiro atoms. The zero-order valence-corrected chi connectivity index (χ0v) is 14.7. The van der Waals surface area contributed by atoms with Gasteiger partial charge in [0.15, 0.2) is 4.96 Å². The quantitative estimate of drug-likeness (QED) is 0.807. The van der Waals surface area contributed by atoms with Crippen LogP contribution in [0.1, 0.15) is 36.2 Å². The lowest BCUT2D eigenvalue weighted by molar-refractivity contribution is -0.138. The summed E-state index contributed by atoms with van der Waals surface area (Å²) in [6, 6.07) is 1.30. The molecule has 2 aliphatic rings. The van der Waals surface area contributed by atoms with Gasteiger partial charge in [0.2, 0.25) is 5.91 Å². The first-order chi connectivity index (χ1) is 12.1. The maximum Gasteiger partial charge on any atom is 0.274 e. The van der Waals surface area contributed by atoms with E-state index in [1.165, 1.54) is 17.4 Å². The van der Waals surface area contributed by atoms with Crippen LogP contribution in [-0.2, 0) is 4.79 Å². The summed E-state index contributed by atoms with van der Waals surface area (Å²) in [5, 5.41) is 1.81. The van der Waals surface area contributed by atoms with Crippen LogP contribution in [-0.4, -0.2) is 57.2 Å². The number of aromatic nitrogens is 2. The van der Waals surface area contributed by atoms with Crippen molar-refractivity contribution < 1.29 is 9.59 Å². The molecule has 1 aliphatic heterocycles. The van der Waals surface area contributed by atoms with Crippen LogP contribution in [0.2, 0.25) is 0 Å². The van der Waals surface area contributed by atoms with Crippen LogP contribution < -0.4 is 5.56 Å². The number of hydrogen-bond donors (Lipinski definition) is 0. The third kappa shape index (κ3) is 3.06. The van der Waals surface area contributed by atoms with E-state index in [2.05, 4.69) is 4.98 Å². The summed E-state index contributed by atoms with van der Waals surface area (Å²) in [6.45, 7) is 2.35. The second-order valence-corrected chi connectivity index (χ2v) is 7.51. The molecule has 8 heteroatoms. The van der Waals surface area contributed by atoms with Gasteiger partial charge in [-0.3, -0.25) is 18.8 Å². The van der Waals surface area contributed by atoms with Gasteiger partial charge < -0.3 is 9.80 Å². The SMILES string of the molecule is O=C(c1cc(=O)nc2sccn12)N1CCCN(C(=O)C2CCC2)CC1. The minimum atomic E-state index is -0.401. The highest BCUT2D eigenvalue weighted by Gasteiger charge is 2.31. The lowest BCUT2D eigenvalue weighted by Gasteiger charge is -2.31. The Morgan fingerprint density at radius 1 is 1.08 bits per heavy atom. The molecule has 1 aliphatic carbocycles. The van der Waals surface area contributed by atoms with E-state index in [9.17, 15) is 14.4 Å². The fraction of sp³-hybridized carbons (Fsp3) is 0.529. The molecule has 4 rings (SSSR count). The highest BCUT2D eigenvalue weighted by Crippen LogP contribution is 2.28. The molecule has 2 aromatic rings. The fourth-order valence-corrected chi connectivity index (χ4v) is 4.15. The molecule has 1 saturated carbocycles. The monoisotopic (exact) mass is 360 g/mol. The van der Waals surface area contributed by atoms with Gasteiger partial charge in [-0.2, -0.15) is 4.98 Å². The Balaban J connectivity index is 1.51. The predicted octanol–water partition coefficient (Wildman–Crippen LogP) is 1.23. The van der Waals surface area contributed by atoms with E-state index in [4.69, 9.17) is 0 Å². The van der Waals surface area contributed by atoms with Crippen LogP contribution >= 0.6 is 11.3 Å². The fourth-order valence-electron chi connectivity index (χ4n) is 3.43. The highest BCUT2D eigenvalue weighted by atomic mass is 32.1. The number of fused-ring (bicyclic) bond motifs is 1. The van der Waals surface area contributed by atoms with Crippen LogP contribution in [0.5, 0.6) is 0 Å². The topological polar surface area (TPSA) is 75.0 Å². The van der Waals surface area contributed by atoms with Crippen LogP contribution in [0.3, 0.4) is 0 Å². The summed E-state index contributed by atoms with van der Waals surface area (Å²) < 4.78 is 1.66. The van der Waals surface area contributed by atoms with E-state index in [0.717, 1.165) is 25.7 Å². The highest BCUT2D eigenvalue weighted by molar-refractivity contribution is 7.15. The van der Waals surface area contributed by atoms with Crippen molar-refractivity contribution in [3.63, 3.8) is 0 Å². The van der Waals surface area contributed by atoms with Crippen LogP contribution in [0.15, 0.2) is 22.4 Å². The average Bonchev–Trinajstić information content (AvgIpc) is 2.87. The van der Waals surface area contributed by atoms with E-state index >= 15 is 0 Å². The predicted molar refractivity (Wildman–Crippen MR) is 93.8 cm³/mol. The van der Waals surface area contributed by atoms with E-state index < -0.39 is 5.56 Å². The van der Waals surface area contributed by atoms with Crippen LogP contribution in [0.25, 0.3) is 4.96 Å². The molecule has 132 valence electrons. The van der Waals surface area contributed by atoms with Gasteiger partial charge in [0.25, 0.3) is 11.5 Å². The molecule has 2 fully saturated rings. The Kier molecular flexibility index (Phi) is 4.29. The van der Waals surface area contributed by atoms with Crippen molar-refractivity contribution in [3.05, 3.63) is 33.7 Å². The first kappa shape index (κ1) is 16.3. The molecule has 0 unspecified atom stereocenters. The van der Waals surface area contributed by atoms with Gasteiger partial charge in [-0.25, -0.2) is 0 Å². The van der Waals surface area contributed by atoms with Crippen molar-refractivity contribution >= 4 is 28.1 Å². The Labute approximate surface area is 148 Å². The van der Waals surface area contributed by atoms with Gasteiger partial charge in [-0.15, -0.1) is 11.3 Å². The molecule has 0 aromatic carbocycles. The number of amides is 2. The van der Waals surface area contributed by atoms with Gasteiger partial charge in [0.05, 0.1) is 0 Å². The zero-order valence-electron chi connectivity index (χ0n) is 13.9. The maximum absolute atomic E-state index is 12.9. The number of hydrogen-bond acceptors (Lipinski definition) is 5. The Morgan fingerprint density at radius 3 is 2.60 bits per heavy atom. The van der Waals surface area contributed by atoms with E-state index in [-0.39, 0.29) is 17.7 Å². The van der Waals surface area contributed by atoms with Crippen molar-refractivity contribution in [2.24, 2.45) is 5.92 Å². The van der Waals surface area contributed by atoms with E-state index in [0.29, 0.717) is 36.8 Å². The molecular weight excluding hydrogens is 340 g/mol. The molecule has 0 bridgehead atoms. The van der Waals surface area contributed by atoms with Crippen molar-refractivity contribution in [3.8, 4) is 0 Å². The summed E-state index contributed by atoms with van der Waals surface area (Å²) >= 11 is 1.33. The average molecular weight is 360 g/mol. The molecule has 1 saturated heterocycles. The maximum atomic E-state index is 12.9. The van der Waals surface area contributed by atoms with Crippen LogP contribution in [0.4, 0.5) is 0 Å². The Bertz CT molecular complexity index is 870. The lowest BCUT2D eigenvalue weighted by Crippen LogP contribution is -2.42. The summed E-state index contributed by atoms with van der Waals surface area (Å²) in [6.07, 6.45) is 5.64. The number of carbonyl (C=O) groups is 2. The van der Waals surface area contributed by atoms with Gasteiger partial charge in [-0.1, -0.05) is 6.42 Å². The summed E-state index contributed by atoms with van der Waals surface area (Å²) in [4.78, 5) is 45.2. The minimum Gasteiger partial charge on any atom is -0.341 e. The van der Waals surface area contributed by atoms with Crippen molar-refractivity contribution in [2.75, 3.05) is 26.2 Å². The summed E-state index contributed by atoms with van der Waals surface area (Å²) in [7, 11) is 0. The molecule has 0 N–H and O–H groups in total. The molecule has 0 radical (unpaired) electrons. The largest absolute Gasteiger partial charge is 0.341 e. The molecule has 2 aromatic heterocycles. The first-order valence-electron chi connectivity index (χ1n) is 8.68. The standard InChI is InChI=1S/C17H20N4O3S/c22-14-11-13(21-9-10-25-17(21)18-14)16(24)20-6-2-5-19(7-8-20)15(23)12-3-1-4-12/h9-12H,1-8H2. The number of nitrogens with zero attached hydrogens (tertiary/aromatic N) is 4. The van der Waals surface area contributed by atoms with Crippen LogP contribution in [0, 0.1) is 5.92 Å². The number of rotatable bonds is 2. The zero-order chi connectivity index (χ0) is 17.4. The number of thiazole rings is 1. The van der Waals surface area contributed by atoms with Crippen molar-refractivity contribution in [1.82, 2.24) is 19.2 Å². The first-order valence-corrected chi connectivity index (χ1v) is 9.56. The lowest BCUT2D eigenvalue weighted by atomic mass is 9.84. The molecule has 0 atom stereocenters. The molecule has 3 heterocycles. The third-order valence-corrected chi connectivity index (χ3v) is 5.84. The van der Waals surface area contributed by atoms with E-state index in [1.54, 1.807) is 20.9 Å². The van der Waals surface area contributed by atoms with Gasteiger partial charge in [-0.05, 0) is 19.3 Å².